The highest BCUT2D eigenvalue weighted by Gasteiger charge is 2.30. The molecule has 1 aromatic rings. The maximum atomic E-state index is 12.2. The third-order valence-electron chi connectivity index (χ3n) is 4.46. The van der Waals surface area contributed by atoms with Gasteiger partial charge in [0.2, 0.25) is 0 Å². The van der Waals surface area contributed by atoms with Crippen LogP contribution in [0.3, 0.4) is 0 Å². The monoisotopic (exact) mass is 375 g/mol. The maximum absolute atomic E-state index is 12.2. The number of nitrogens with two attached hydrogens (primary N) is 1. The number of carbonyl (C=O) groups is 1. The second kappa shape index (κ2) is 8.43. The lowest BCUT2D eigenvalue weighted by atomic mass is 9.91. The van der Waals surface area contributed by atoms with Crippen LogP contribution in [0, 0.1) is 18.3 Å². The van der Waals surface area contributed by atoms with Crippen LogP contribution in [0.4, 0.5) is 0 Å². The van der Waals surface area contributed by atoms with Crippen LogP contribution in [0.25, 0.3) is 0 Å². The van der Waals surface area contributed by atoms with Gasteiger partial charge in [-0.2, -0.15) is 5.26 Å². The molecule has 1 heterocycles. The Labute approximate surface area is 161 Å². The molecule has 26 heavy (non-hydrogen) atoms. The molecule has 2 N–H and O–H groups in total. The first kappa shape index (κ1) is 20.8. The molecule has 5 nitrogen and oxygen atoms in total. The normalized spacial score (nSPS) is 17.5. The highest BCUT2D eigenvalue weighted by Crippen LogP contribution is 2.25. The van der Waals surface area contributed by atoms with Crippen LogP contribution in [0.15, 0.2) is 18.2 Å². The fourth-order valence-corrected chi connectivity index (χ4v) is 3.86. The van der Waals surface area contributed by atoms with Crippen molar-refractivity contribution in [3.8, 4) is 6.07 Å². The molecule has 1 aliphatic heterocycles. The number of nitrogens with zero attached hydrogens (tertiary/aromatic N) is 2. The van der Waals surface area contributed by atoms with E-state index in [0.717, 1.165) is 43.7 Å². The number of ether oxygens (including phenoxy) is 1. The average Bonchev–Trinajstić information content (AvgIpc) is 2.56. The van der Waals surface area contributed by atoms with Gasteiger partial charge in [0.25, 0.3) is 0 Å². The molecule has 1 aromatic carbocycles. The van der Waals surface area contributed by atoms with Crippen molar-refractivity contribution in [1.82, 2.24) is 4.31 Å². The van der Waals surface area contributed by atoms with E-state index in [1.54, 1.807) is 0 Å². The molecular weight excluding hydrogens is 346 g/mol. The van der Waals surface area contributed by atoms with Gasteiger partial charge in [0.15, 0.2) is 0 Å². The smallest absolute Gasteiger partial charge is 0.338 e. The molecular formula is C20H29N3O2S. The third-order valence-corrected chi connectivity index (χ3v) is 5.58. The summed E-state index contributed by atoms with van der Waals surface area (Å²) in [5.74, 6) is 0.689. The van der Waals surface area contributed by atoms with Gasteiger partial charge in [0.1, 0.15) is 11.1 Å². The highest BCUT2D eigenvalue weighted by atomic mass is 32.2. The van der Waals surface area contributed by atoms with Crippen LogP contribution in [0.1, 0.15) is 55.1 Å². The van der Waals surface area contributed by atoms with Crippen LogP contribution < -0.4 is 5.73 Å². The molecule has 0 bridgehead atoms. The number of hydrogen-bond donors (Lipinski definition) is 1. The average molecular weight is 376 g/mol. The van der Waals surface area contributed by atoms with Gasteiger partial charge < -0.3 is 10.5 Å². The Bertz CT molecular complexity index is 683. The molecule has 0 atom stereocenters. The Hall–Kier alpha value is -1.55. The van der Waals surface area contributed by atoms with Crippen LogP contribution >= 0.6 is 11.9 Å². The minimum atomic E-state index is -0.648. The summed E-state index contributed by atoms with van der Waals surface area (Å²) in [6.07, 6.45) is 2.38. The zero-order valence-electron chi connectivity index (χ0n) is 16.2. The van der Waals surface area contributed by atoms with Gasteiger partial charge in [-0.15, -0.1) is 0 Å². The van der Waals surface area contributed by atoms with E-state index in [1.165, 1.54) is 5.56 Å². The van der Waals surface area contributed by atoms with E-state index >= 15 is 0 Å². The zero-order valence-corrected chi connectivity index (χ0v) is 17.0. The molecule has 0 amide bonds. The number of esters is 1. The number of nitriles is 1. The molecule has 2 rings (SSSR count). The van der Waals surface area contributed by atoms with Gasteiger partial charge in [-0.05, 0) is 70.2 Å². The first-order chi connectivity index (χ1) is 12.1. The third kappa shape index (κ3) is 6.01. The summed E-state index contributed by atoms with van der Waals surface area (Å²) in [5.41, 5.74) is 7.82. The number of hydrogen-bond acceptors (Lipinski definition) is 6. The Morgan fingerprint density at radius 1 is 1.38 bits per heavy atom. The Morgan fingerprint density at radius 3 is 2.58 bits per heavy atom. The summed E-state index contributed by atoms with van der Waals surface area (Å²) >= 11 is 1.81. The van der Waals surface area contributed by atoms with Crippen LogP contribution in [-0.4, -0.2) is 40.3 Å². The molecule has 0 spiro atoms. The number of piperidine rings is 1. The fourth-order valence-electron chi connectivity index (χ4n) is 2.85. The van der Waals surface area contributed by atoms with E-state index < -0.39 is 11.1 Å². The first-order valence-electron chi connectivity index (χ1n) is 9.03. The molecule has 0 aromatic heterocycles. The summed E-state index contributed by atoms with van der Waals surface area (Å²) in [5, 5.41) is 9.08. The molecule has 1 fully saturated rings. The molecule has 6 heteroatoms. The standard InChI is InChI=1S/C20H29N3O2S/c1-15-13-17(18(24)25-19(2,3)4)6-5-16(15)7-12-26-23-10-8-20(22,14-21)9-11-23/h5-6,13H,7-12,22H2,1-4H3. The minimum absolute atomic E-state index is 0.280. The molecule has 0 aliphatic carbocycles. The van der Waals surface area contributed by atoms with Gasteiger partial charge in [0.05, 0.1) is 11.6 Å². The summed E-state index contributed by atoms with van der Waals surface area (Å²) in [7, 11) is 0. The molecule has 0 saturated carbocycles. The Kier molecular flexibility index (Phi) is 6.73. The Morgan fingerprint density at radius 2 is 2.04 bits per heavy atom. The van der Waals surface area contributed by atoms with E-state index in [4.69, 9.17) is 15.7 Å². The maximum Gasteiger partial charge on any atom is 0.338 e. The molecule has 1 saturated heterocycles. The number of aryl methyl sites for hydroxylation is 2. The van der Waals surface area contributed by atoms with Crippen LogP contribution in [-0.2, 0) is 11.2 Å². The fraction of sp³-hybridized carbons (Fsp3) is 0.600. The lowest BCUT2D eigenvalue weighted by Gasteiger charge is -2.33. The van der Waals surface area contributed by atoms with Crippen LogP contribution in [0.2, 0.25) is 0 Å². The number of rotatable bonds is 5. The Balaban J connectivity index is 1.84. The van der Waals surface area contributed by atoms with Crippen molar-refractivity contribution in [2.75, 3.05) is 18.8 Å². The van der Waals surface area contributed by atoms with Gasteiger partial charge in [0, 0.05) is 18.8 Å². The van der Waals surface area contributed by atoms with E-state index in [-0.39, 0.29) is 5.97 Å². The van der Waals surface area contributed by atoms with E-state index in [2.05, 4.69) is 10.4 Å². The molecule has 1 aliphatic rings. The molecule has 0 unspecified atom stereocenters. The van der Waals surface area contributed by atoms with Gasteiger partial charge in [-0.3, -0.25) is 4.31 Å². The van der Waals surface area contributed by atoms with Crippen molar-refractivity contribution in [2.24, 2.45) is 5.73 Å². The van der Waals surface area contributed by atoms with Gasteiger partial charge in [-0.1, -0.05) is 18.0 Å². The predicted molar refractivity (Wildman–Crippen MR) is 106 cm³/mol. The number of benzene rings is 1. The molecule has 0 radical (unpaired) electrons. The van der Waals surface area contributed by atoms with Crippen molar-refractivity contribution < 1.29 is 9.53 Å². The highest BCUT2D eigenvalue weighted by molar-refractivity contribution is 7.97. The van der Waals surface area contributed by atoms with Crippen molar-refractivity contribution in [1.29, 1.82) is 5.26 Å². The predicted octanol–water partition coefficient (Wildman–Crippen LogP) is 3.46. The number of carbonyl (C=O) groups excluding carboxylic acids is 1. The SMILES string of the molecule is Cc1cc(C(=O)OC(C)(C)C)ccc1CCSN1CCC(N)(C#N)CC1. The largest absolute Gasteiger partial charge is 0.456 e. The van der Waals surface area contributed by atoms with Gasteiger partial charge >= 0.3 is 5.97 Å². The first-order valence-corrected chi connectivity index (χ1v) is 9.97. The van der Waals surface area contributed by atoms with E-state index in [0.29, 0.717) is 5.56 Å². The summed E-state index contributed by atoms with van der Waals surface area (Å²) in [4.78, 5) is 12.2. The van der Waals surface area contributed by atoms with Gasteiger partial charge in [-0.25, -0.2) is 4.79 Å². The van der Waals surface area contributed by atoms with E-state index in [9.17, 15) is 4.79 Å². The second-order valence-electron chi connectivity index (χ2n) is 7.92. The van der Waals surface area contributed by atoms with E-state index in [1.807, 2.05) is 57.8 Å². The lowest BCUT2D eigenvalue weighted by molar-refractivity contribution is 0.00694. The summed E-state index contributed by atoms with van der Waals surface area (Å²) in [6.45, 7) is 9.35. The second-order valence-corrected chi connectivity index (χ2v) is 9.11. The molecule has 142 valence electrons. The van der Waals surface area contributed by atoms with Crippen molar-refractivity contribution in [2.45, 2.75) is 58.1 Å². The van der Waals surface area contributed by atoms with Crippen molar-refractivity contribution >= 4 is 17.9 Å². The lowest BCUT2D eigenvalue weighted by Crippen LogP contribution is -2.47. The zero-order chi connectivity index (χ0) is 19.4. The summed E-state index contributed by atoms with van der Waals surface area (Å²) in [6, 6.07) is 7.99. The summed E-state index contributed by atoms with van der Waals surface area (Å²) < 4.78 is 7.72. The minimum Gasteiger partial charge on any atom is -0.456 e. The van der Waals surface area contributed by atoms with Crippen molar-refractivity contribution in [3.05, 3.63) is 34.9 Å². The van der Waals surface area contributed by atoms with Crippen LogP contribution in [0.5, 0.6) is 0 Å². The topological polar surface area (TPSA) is 79.3 Å². The van der Waals surface area contributed by atoms with Crippen molar-refractivity contribution in [3.63, 3.8) is 0 Å². The quantitative estimate of drug-likeness (QED) is 0.627.